The minimum Gasteiger partial charge on any atom is -0.496 e. The number of pyridine rings is 1. The lowest BCUT2D eigenvalue weighted by atomic mass is 9.93. The molecule has 120 valence electrons. The average molecular weight is 400 g/mol. The molecule has 0 aliphatic rings. The number of halogens is 1. The SMILES string of the molecule is COc1ccccc1-c1c(C)nc(N)c(C#N)c1-c1cc(Br)cs1. The summed E-state index contributed by atoms with van der Waals surface area (Å²) >= 11 is 5.03. The normalized spacial score (nSPS) is 10.4. The van der Waals surface area contributed by atoms with Crippen molar-refractivity contribution in [3.05, 3.63) is 51.4 Å². The third kappa shape index (κ3) is 2.77. The summed E-state index contributed by atoms with van der Waals surface area (Å²) in [6.07, 6.45) is 0. The first kappa shape index (κ1) is 16.5. The summed E-state index contributed by atoms with van der Waals surface area (Å²) in [5, 5.41) is 11.6. The Morgan fingerprint density at radius 2 is 2.04 bits per heavy atom. The molecule has 0 aliphatic carbocycles. The smallest absolute Gasteiger partial charge is 0.142 e. The van der Waals surface area contributed by atoms with Gasteiger partial charge in [-0.05, 0) is 35.0 Å². The molecule has 1 aromatic carbocycles. The number of hydrogen-bond donors (Lipinski definition) is 1. The van der Waals surface area contributed by atoms with E-state index in [0.717, 1.165) is 37.5 Å². The van der Waals surface area contributed by atoms with Crippen LogP contribution in [0.2, 0.25) is 0 Å². The highest BCUT2D eigenvalue weighted by molar-refractivity contribution is 9.10. The lowest BCUT2D eigenvalue weighted by Crippen LogP contribution is -2.03. The number of aromatic nitrogens is 1. The van der Waals surface area contributed by atoms with Gasteiger partial charge in [-0.15, -0.1) is 11.3 Å². The number of para-hydroxylation sites is 1. The van der Waals surface area contributed by atoms with Crippen molar-refractivity contribution in [1.82, 2.24) is 4.98 Å². The van der Waals surface area contributed by atoms with Crippen LogP contribution in [0.15, 0.2) is 40.2 Å². The van der Waals surface area contributed by atoms with Crippen molar-refractivity contribution in [2.24, 2.45) is 0 Å². The van der Waals surface area contributed by atoms with E-state index in [1.807, 2.05) is 42.6 Å². The van der Waals surface area contributed by atoms with Crippen LogP contribution in [0.4, 0.5) is 5.82 Å². The average Bonchev–Trinajstić information content (AvgIpc) is 3.00. The van der Waals surface area contributed by atoms with Gasteiger partial charge in [0.05, 0.1) is 7.11 Å². The summed E-state index contributed by atoms with van der Waals surface area (Å²) in [6, 6.07) is 11.9. The number of anilines is 1. The van der Waals surface area contributed by atoms with Crippen molar-refractivity contribution in [3.8, 4) is 33.4 Å². The lowest BCUT2D eigenvalue weighted by Gasteiger charge is -2.17. The van der Waals surface area contributed by atoms with Crippen LogP contribution in [0.25, 0.3) is 21.6 Å². The van der Waals surface area contributed by atoms with Crippen molar-refractivity contribution >= 4 is 33.1 Å². The summed E-state index contributed by atoms with van der Waals surface area (Å²) in [4.78, 5) is 5.34. The molecule has 0 atom stereocenters. The third-order valence-electron chi connectivity index (χ3n) is 3.71. The highest BCUT2D eigenvalue weighted by atomic mass is 79.9. The fourth-order valence-corrected chi connectivity index (χ4v) is 4.20. The predicted molar refractivity (Wildman–Crippen MR) is 101 cm³/mol. The molecule has 3 aromatic rings. The molecule has 0 bridgehead atoms. The molecule has 4 nitrogen and oxygen atoms in total. The lowest BCUT2D eigenvalue weighted by molar-refractivity contribution is 0.416. The van der Waals surface area contributed by atoms with Gasteiger partial charge < -0.3 is 10.5 Å². The topological polar surface area (TPSA) is 71.9 Å². The molecule has 0 amide bonds. The largest absolute Gasteiger partial charge is 0.496 e. The Bertz CT molecular complexity index is 959. The zero-order chi connectivity index (χ0) is 17.3. The number of aryl methyl sites for hydroxylation is 1. The van der Waals surface area contributed by atoms with E-state index in [1.165, 1.54) is 0 Å². The number of nitrogens with zero attached hydrogens (tertiary/aromatic N) is 2. The Labute approximate surface area is 152 Å². The molecule has 6 heteroatoms. The molecule has 0 spiro atoms. The van der Waals surface area contributed by atoms with E-state index in [9.17, 15) is 5.26 Å². The molecule has 2 N–H and O–H groups in total. The third-order valence-corrected chi connectivity index (χ3v) is 5.42. The van der Waals surface area contributed by atoms with Crippen LogP contribution >= 0.6 is 27.3 Å². The Hall–Kier alpha value is -2.36. The molecule has 2 heterocycles. The van der Waals surface area contributed by atoms with Crippen LogP contribution in [0, 0.1) is 18.3 Å². The van der Waals surface area contributed by atoms with Crippen molar-refractivity contribution in [2.75, 3.05) is 12.8 Å². The highest BCUT2D eigenvalue weighted by Crippen LogP contribution is 2.44. The highest BCUT2D eigenvalue weighted by Gasteiger charge is 2.22. The molecule has 3 rings (SSSR count). The summed E-state index contributed by atoms with van der Waals surface area (Å²) in [6.45, 7) is 1.89. The van der Waals surface area contributed by atoms with Crippen LogP contribution in [-0.2, 0) is 0 Å². The van der Waals surface area contributed by atoms with Crippen LogP contribution in [-0.4, -0.2) is 12.1 Å². The zero-order valence-electron chi connectivity index (χ0n) is 13.1. The van der Waals surface area contributed by atoms with Crippen LogP contribution in [0.3, 0.4) is 0 Å². The minimum atomic E-state index is 0.244. The van der Waals surface area contributed by atoms with E-state index in [0.29, 0.717) is 5.56 Å². The van der Waals surface area contributed by atoms with Gasteiger partial charge in [0.15, 0.2) is 0 Å². The molecule has 2 aromatic heterocycles. The number of nitrogen functional groups attached to an aromatic ring is 1. The summed E-state index contributed by atoms with van der Waals surface area (Å²) in [5.41, 5.74) is 9.72. The Balaban J connectivity index is 2.44. The van der Waals surface area contributed by atoms with Crippen molar-refractivity contribution in [2.45, 2.75) is 6.92 Å². The van der Waals surface area contributed by atoms with Crippen LogP contribution in [0.1, 0.15) is 11.3 Å². The van der Waals surface area contributed by atoms with Gasteiger partial charge in [0, 0.05) is 37.1 Å². The summed E-state index contributed by atoms with van der Waals surface area (Å²) < 4.78 is 6.47. The minimum absolute atomic E-state index is 0.244. The predicted octanol–water partition coefficient (Wildman–Crippen LogP) is 5.01. The monoisotopic (exact) mass is 399 g/mol. The van der Waals surface area contributed by atoms with Gasteiger partial charge in [-0.1, -0.05) is 18.2 Å². The number of thiophene rings is 1. The number of nitrogens with two attached hydrogens (primary N) is 1. The molecular weight excluding hydrogens is 386 g/mol. The van der Waals surface area contributed by atoms with Gasteiger partial charge in [-0.3, -0.25) is 0 Å². The zero-order valence-corrected chi connectivity index (χ0v) is 15.5. The quantitative estimate of drug-likeness (QED) is 0.671. The van der Waals surface area contributed by atoms with Crippen molar-refractivity contribution in [1.29, 1.82) is 5.26 Å². The molecule has 0 saturated carbocycles. The summed E-state index contributed by atoms with van der Waals surface area (Å²) in [7, 11) is 1.63. The van der Waals surface area contributed by atoms with Gasteiger partial charge in [0.1, 0.15) is 23.2 Å². The van der Waals surface area contributed by atoms with Gasteiger partial charge in [0.2, 0.25) is 0 Å². The fourth-order valence-electron chi connectivity index (χ4n) is 2.71. The maximum absolute atomic E-state index is 9.65. The van der Waals surface area contributed by atoms with Crippen LogP contribution in [0.5, 0.6) is 5.75 Å². The molecule has 24 heavy (non-hydrogen) atoms. The number of nitriles is 1. The fraction of sp³-hybridized carbons (Fsp3) is 0.111. The Morgan fingerprint density at radius 3 is 2.67 bits per heavy atom. The second kappa shape index (κ2) is 6.63. The molecule has 0 fully saturated rings. The van der Waals surface area contributed by atoms with Gasteiger partial charge in [-0.2, -0.15) is 5.26 Å². The van der Waals surface area contributed by atoms with E-state index in [1.54, 1.807) is 18.4 Å². The van der Waals surface area contributed by atoms with Crippen molar-refractivity contribution < 1.29 is 4.74 Å². The number of ether oxygens (including phenoxy) is 1. The Kier molecular flexibility index (Phi) is 4.56. The number of rotatable bonds is 3. The van der Waals surface area contributed by atoms with E-state index in [-0.39, 0.29) is 5.82 Å². The maximum atomic E-state index is 9.65. The first-order chi connectivity index (χ1) is 11.6. The Morgan fingerprint density at radius 1 is 1.29 bits per heavy atom. The second-order valence-corrected chi connectivity index (χ2v) is 6.98. The molecular formula is C18H14BrN3OS. The van der Waals surface area contributed by atoms with Crippen LogP contribution < -0.4 is 10.5 Å². The number of methoxy groups -OCH3 is 1. The summed E-state index contributed by atoms with van der Waals surface area (Å²) in [5.74, 6) is 0.973. The molecule has 0 aliphatic heterocycles. The van der Waals surface area contributed by atoms with Gasteiger partial charge in [-0.25, -0.2) is 4.98 Å². The van der Waals surface area contributed by atoms with Gasteiger partial charge in [0.25, 0.3) is 0 Å². The van der Waals surface area contributed by atoms with E-state index >= 15 is 0 Å². The standard InChI is InChI=1S/C18H14BrN3OS/c1-10-16(12-5-3-4-6-14(12)23-2)17(13(8-20)18(21)22-10)15-7-11(19)9-24-15/h3-7,9H,1-2H3,(H2,21,22). The molecule has 0 radical (unpaired) electrons. The van der Waals surface area contributed by atoms with E-state index in [2.05, 4.69) is 27.0 Å². The number of hydrogen-bond acceptors (Lipinski definition) is 5. The van der Waals surface area contributed by atoms with E-state index < -0.39 is 0 Å². The number of benzene rings is 1. The first-order valence-electron chi connectivity index (χ1n) is 7.14. The molecule has 0 unspecified atom stereocenters. The second-order valence-electron chi connectivity index (χ2n) is 5.15. The van der Waals surface area contributed by atoms with Crippen molar-refractivity contribution in [3.63, 3.8) is 0 Å². The van der Waals surface area contributed by atoms with Gasteiger partial charge >= 0.3 is 0 Å². The maximum Gasteiger partial charge on any atom is 0.142 e. The van der Waals surface area contributed by atoms with E-state index in [4.69, 9.17) is 10.5 Å². The molecule has 0 saturated heterocycles. The first-order valence-corrected chi connectivity index (χ1v) is 8.82.